The van der Waals surface area contributed by atoms with Gasteiger partial charge in [0.05, 0.1) is 18.4 Å². The van der Waals surface area contributed by atoms with E-state index in [0.29, 0.717) is 21.4 Å². The Labute approximate surface area is 192 Å². The van der Waals surface area contributed by atoms with Crippen molar-refractivity contribution in [2.45, 2.75) is 0 Å². The first-order valence-electron chi connectivity index (χ1n) is 9.53. The lowest BCUT2D eigenvalue weighted by atomic mass is 10.1. The van der Waals surface area contributed by atoms with Crippen LogP contribution in [0, 0.1) is 0 Å². The summed E-state index contributed by atoms with van der Waals surface area (Å²) in [6.07, 6.45) is 3.16. The molecule has 0 atom stereocenters. The van der Waals surface area contributed by atoms with Crippen molar-refractivity contribution in [3.8, 4) is 16.3 Å². The highest BCUT2D eigenvalue weighted by molar-refractivity contribution is 7.18. The molecule has 2 N–H and O–H groups in total. The Morgan fingerprint density at radius 3 is 2.53 bits per heavy atom. The highest BCUT2D eigenvalue weighted by atomic mass is 32.1. The number of hydrogen-bond donors (Lipinski definition) is 2. The molecule has 2 amide bonds. The number of carbonyl (C=O) groups is 2. The van der Waals surface area contributed by atoms with Crippen molar-refractivity contribution in [1.82, 2.24) is 10.2 Å². The zero-order valence-electron chi connectivity index (χ0n) is 16.9. The summed E-state index contributed by atoms with van der Waals surface area (Å²) in [6, 6.07) is 18.0. The Hall–Kier alpha value is -3.82. The van der Waals surface area contributed by atoms with Crippen LogP contribution >= 0.6 is 22.7 Å². The summed E-state index contributed by atoms with van der Waals surface area (Å²) in [7, 11) is 1.61. The fraction of sp³-hybridized carbons (Fsp3) is 0.0435. The molecule has 7 nitrogen and oxygen atoms in total. The smallest absolute Gasteiger partial charge is 0.259 e. The van der Waals surface area contributed by atoms with Gasteiger partial charge in [-0.25, -0.2) is 0 Å². The Kier molecular flexibility index (Phi) is 6.69. The van der Waals surface area contributed by atoms with Crippen molar-refractivity contribution < 1.29 is 14.3 Å². The molecule has 0 spiro atoms. The number of nitrogens with zero attached hydrogens (tertiary/aromatic N) is 2. The lowest BCUT2D eigenvalue weighted by molar-refractivity contribution is -0.111. The fourth-order valence-electron chi connectivity index (χ4n) is 2.80. The lowest BCUT2D eigenvalue weighted by Crippen LogP contribution is -2.16. The van der Waals surface area contributed by atoms with Crippen molar-refractivity contribution in [1.29, 1.82) is 0 Å². The molecule has 0 saturated carbocycles. The summed E-state index contributed by atoms with van der Waals surface area (Å²) < 4.78 is 5.16. The number of carbonyl (C=O) groups excluding carboxylic acids is 2. The third-order valence-corrected chi connectivity index (χ3v) is 6.08. The average Bonchev–Trinajstić information content (AvgIpc) is 3.50. The van der Waals surface area contributed by atoms with E-state index in [1.807, 2.05) is 41.8 Å². The molecular weight excluding hydrogens is 444 g/mol. The quantitative estimate of drug-likeness (QED) is 0.369. The summed E-state index contributed by atoms with van der Waals surface area (Å²) in [6.45, 7) is 0. The maximum atomic E-state index is 12.8. The fourth-order valence-corrected chi connectivity index (χ4v) is 4.16. The zero-order chi connectivity index (χ0) is 22.3. The van der Waals surface area contributed by atoms with Crippen LogP contribution in [0.3, 0.4) is 0 Å². The number of para-hydroxylation sites is 1. The Bertz CT molecular complexity index is 1250. The Balaban J connectivity index is 1.45. The molecule has 0 radical (unpaired) electrons. The van der Waals surface area contributed by atoms with Gasteiger partial charge in [0.25, 0.3) is 5.91 Å². The summed E-state index contributed by atoms with van der Waals surface area (Å²) in [4.78, 5) is 26.1. The molecule has 4 rings (SSSR count). The molecule has 0 saturated heterocycles. The van der Waals surface area contributed by atoms with E-state index >= 15 is 0 Å². The summed E-state index contributed by atoms with van der Waals surface area (Å²) in [5.74, 6) is 0.0348. The minimum atomic E-state index is -0.388. The molecular formula is C23H18N4O3S2. The first-order valence-corrected chi connectivity index (χ1v) is 11.2. The summed E-state index contributed by atoms with van der Waals surface area (Å²) in [5, 5.41) is 16.7. The van der Waals surface area contributed by atoms with E-state index < -0.39 is 0 Å². The second-order valence-corrected chi connectivity index (χ2v) is 8.44. The normalized spacial score (nSPS) is 10.8. The predicted molar refractivity (Wildman–Crippen MR) is 128 cm³/mol. The third kappa shape index (κ3) is 5.26. The molecule has 0 fully saturated rings. The summed E-state index contributed by atoms with van der Waals surface area (Å²) in [5.41, 5.74) is 1.60. The van der Waals surface area contributed by atoms with E-state index in [0.717, 1.165) is 16.2 Å². The van der Waals surface area contributed by atoms with Gasteiger partial charge in [-0.15, -0.1) is 21.5 Å². The summed E-state index contributed by atoms with van der Waals surface area (Å²) >= 11 is 2.79. The number of hydrogen-bond acceptors (Lipinski definition) is 7. The molecule has 32 heavy (non-hydrogen) atoms. The number of amides is 2. The average molecular weight is 463 g/mol. The molecule has 0 aliphatic rings. The van der Waals surface area contributed by atoms with Crippen LogP contribution in [0.5, 0.6) is 5.75 Å². The van der Waals surface area contributed by atoms with E-state index in [1.165, 1.54) is 28.7 Å². The minimum Gasteiger partial charge on any atom is -0.497 e. The highest BCUT2D eigenvalue weighted by Gasteiger charge is 2.15. The van der Waals surface area contributed by atoms with Crippen molar-refractivity contribution >= 4 is 51.4 Å². The van der Waals surface area contributed by atoms with E-state index in [9.17, 15) is 9.59 Å². The number of methoxy groups -OCH3 is 1. The van der Waals surface area contributed by atoms with Gasteiger partial charge in [0, 0.05) is 16.5 Å². The molecule has 0 aliphatic carbocycles. The van der Waals surface area contributed by atoms with Crippen LogP contribution in [0.4, 0.5) is 10.8 Å². The molecule has 2 aromatic carbocycles. The second kappa shape index (κ2) is 9.99. The first-order chi connectivity index (χ1) is 15.6. The van der Waals surface area contributed by atoms with Gasteiger partial charge in [-0.2, -0.15) is 0 Å². The van der Waals surface area contributed by atoms with Gasteiger partial charge in [0.15, 0.2) is 0 Å². The van der Waals surface area contributed by atoms with Gasteiger partial charge in [0.2, 0.25) is 11.0 Å². The van der Waals surface area contributed by atoms with Crippen molar-refractivity contribution in [2.75, 3.05) is 17.7 Å². The molecule has 0 unspecified atom stereocenters. The van der Waals surface area contributed by atoms with Gasteiger partial charge in [-0.1, -0.05) is 29.5 Å². The van der Waals surface area contributed by atoms with Crippen LogP contribution in [0.2, 0.25) is 0 Å². The number of rotatable bonds is 7. The second-order valence-electron chi connectivity index (χ2n) is 6.48. The predicted octanol–water partition coefficient (Wildman–Crippen LogP) is 5.18. The van der Waals surface area contributed by atoms with Crippen LogP contribution in [-0.2, 0) is 4.79 Å². The molecule has 160 valence electrons. The maximum absolute atomic E-state index is 12.8. The molecule has 0 aliphatic heterocycles. The van der Waals surface area contributed by atoms with Crippen LogP contribution < -0.4 is 15.4 Å². The molecule has 0 bridgehead atoms. The van der Waals surface area contributed by atoms with Crippen molar-refractivity contribution in [3.05, 3.63) is 82.6 Å². The minimum absolute atomic E-state index is 0.323. The zero-order valence-corrected chi connectivity index (χ0v) is 18.6. The number of thiophene rings is 1. The topological polar surface area (TPSA) is 93.2 Å². The lowest BCUT2D eigenvalue weighted by Gasteiger charge is -2.09. The Morgan fingerprint density at radius 1 is 0.969 bits per heavy atom. The van der Waals surface area contributed by atoms with Crippen LogP contribution in [0.15, 0.2) is 72.1 Å². The van der Waals surface area contributed by atoms with Gasteiger partial charge < -0.3 is 10.1 Å². The molecule has 2 heterocycles. The van der Waals surface area contributed by atoms with E-state index in [4.69, 9.17) is 4.74 Å². The van der Waals surface area contributed by atoms with Gasteiger partial charge in [0.1, 0.15) is 10.8 Å². The van der Waals surface area contributed by atoms with E-state index in [1.54, 1.807) is 37.5 Å². The van der Waals surface area contributed by atoms with Gasteiger partial charge in [-0.3, -0.25) is 14.9 Å². The van der Waals surface area contributed by atoms with Crippen LogP contribution in [0.25, 0.3) is 16.6 Å². The first kappa shape index (κ1) is 21.4. The highest BCUT2D eigenvalue weighted by Crippen LogP contribution is 2.28. The van der Waals surface area contributed by atoms with E-state index in [2.05, 4.69) is 20.8 Å². The van der Waals surface area contributed by atoms with Gasteiger partial charge in [-0.05, 0) is 53.9 Å². The molecule has 2 aromatic heterocycles. The van der Waals surface area contributed by atoms with Crippen molar-refractivity contribution in [3.63, 3.8) is 0 Å². The number of ether oxygens (including phenoxy) is 1. The van der Waals surface area contributed by atoms with Gasteiger partial charge >= 0.3 is 0 Å². The maximum Gasteiger partial charge on any atom is 0.259 e. The standard InChI is InChI=1S/C23H18N4O3S2/c1-30-16-10-8-15(9-11-16)22-26-27-23(32-22)25-21(29)18-6-2-3-7-19(18)24-20(28)13-12-17-5-4-14-31-17/h2-14H,1H3,(H,24,28)(H,25,27,29)/b13-12+. The van der Waals surface area contributed by atoms with Crippen LogP contribution in [0.1, 0.15) is 15.2 Å². The monoisotopic (exact) mass is 462 g/mol. The van der Waals surface area contributed by atoms with E-state index in [-0.39, 0.29) is 11.8 Å². The number of benzene rings is 2. The third-order valence-electron chi connectivity index (χ3n) is 4.35. The number of nitrogens with one attached hydrogen (secondary N) is 2. The number of anilines is 2. The molecule has 9 heteroatoms. The SMILES string of the molecule is COc1ccc(-c2nnc(NC(=O)c3ccccc3NC(=O)/C=C/c3cccs3)s2)cc1. The number of aromatic nitrogens is 2. The molecule has 4 aromatic rings. The Morgan fingerprint density at radius 2 is 1.78 bits per heavy atom. The van der Waals surface area contributed by atoms with Crippen LogP contribution in [-0.4, -0.2) is 29.1 Å². The van der Waals surface area contributed by atoms with Crippen molar-refractivity contribution in [2.24, 2.45) is 0 Å². The largest absolute Gasteiger partial charge is 0.497 e.